The number of carbonyl (C=O) groups is 1. The molecule has 0 saturated heterocycles. The number of nitrogens with one attached hydrogen (secondary N) is 1. The first kappa shape index (κ1) is 13.6. The third-order valence-electron chi connectivity index (χ3n) is 2.82. The third-order valence-corrected chi connectivity index (χ3v) is 3.02. The lowest BCUT2D eigenvalue weighted by Crippen LogP contribution is -2.22. The minimum absolute atomic E-state index is 0.0519. The van der Waals surface area contributed by atoms with Crippen molar-refractivity contribution in [1.29, 1.82) is 0 Å². The normalized spacial score (nSPS) is 10.5. The van der Waals surface area contributed by atoms with Gasteiger partial charge in [0.2, 0.25) is 5.91 Å². The zero-order valence-corrected chi connectivity index (χ0v) is 11.6. The summed E-state index contributed by atoms with van der Waals surface area (Å²) in [6.45, 7) is 2.03. The number of pyridine rings is 1. The molecule has 2 aromatic rings. The Kier molecular flexibility index (Phi) is 4.22. The highest BCUT2D eigenvalue weighted by atomic mass is 35.5. The van der Waals surface area contributed by atoms with Crippen LogP contribution in [0.1, 0.15) is 12.6 Å². The Morgan fingerprint density at radius 3 is 2.89 bits per heavy atom. The molecule has 0 fully saturated rings. The molecule has 0 spiro atoms. The molecule has 0 aliphatic heterocycles. The molecule has 100 valence electrons. The van der Waals surface area contributed by atoms with Gasteiger partial charge < -0.3 is 10.1 Å². The number of rotatable bonds is 4. The number of hydrogen-bond donors (Lipinski definition) is 1. The summed E-state index contributed by atoms with van der Waals surface area (Å²) in [6, 6.07) is 7.58. The maximum absolute atomic E-state index is 10.9. The lowest BCUT2D eigenvalue weighted by atomic mass is 10.1. The van der Waals surface area contributed by atoms with Crippen molar-refractivity contribution in [2.75, 3.05) is 13.7 Å². The number of amides is 1. The lowest BCUT2D eigenvalue weighted by Gasteiger charge is -2.09. The number of fused-ring (bicyclic) bond motifs is 1. The second kappa shape index (κ2) is 5.89. The fourth-order valence-corrected chi connectivity index (χ4v) is 2.15. The molecule has 1 aromatic carbocycles. The molecule has 0 aliphatic carbocycles. The minimum atomic E-state index is -0.0519. The van der Waals surface area contributed by atoms with E-state index in [1.807, 2.05) is 24.3 Å². The van der Waals surface area contributed by atoms with Gasteiger partial charge in [-0.1, -0.05) is 17.7 Å². The van der Waals surface area contributed by atoms with Gasteiger partial charge in [-0.3, -0.25) is 4.79 Å². The van der Waals surface area contributed by atoms with Crippen molar-refractivity contribution in [3.63, 3.8) is 0 Å². The van der Waals surface area contributed by atoms with E-state index in [0.29, 0.717) is 18.1 Å². The Labute approximate surface area is 116 Å². The Morgan fingerprint density at radius 2 is 2.21 bits per heavy atom. The molecule has 0 saturated carbocycles. The highest BCUT2D eigenvalue weighted by molar-refractivity contribution is 6.30. The maximum atomic E-state index is 10.9. The van der Waals surface area contributed by atoms with Crippen LogP contribution in [0.4, 0.5) is 0 Å². The second-order valence-corrected chi connectivity index (χ2v) is 4.60. The smallest absolute Gasteiger partial charge is 0.216 e. The van der Waals surface area contributed by atoms with Crippen LogP contribution in [-0.4, -0.2) is 24.5 Å². The Bertz CT molecular complexity index is 614. The lowest BCUT2D eigenvalue weighted by molar-refractivity contribution is -0.118. The predicted molar refractivity (Wildman–Crippen MR) is 75.7 cm³/mol. The van der Waals surface area contributed by atoms with E-state index in [-0.39, 0.29) is 5.91 Å². The van der Waals surface area contributed by atoms with Gasteiger partial charge >= 0.3 is 0 Å². The molecule has 1 heterocycles. The van der Waals surface area contributed by atoms with Crippen LogP contribution >= 0.6 is 11.6 Å². The molecule has 0 bridgehead atoms. The highest BCUT2D eigenvalue weighted by Crippen LogP contribution is 2.25. The number of ether oxygens (including phenoxy) is 1. The van der Waals surface area contributed by atoms with Crippen LogP contribution in [0.15, 0.2) is 24.3 Å². The Balaban J connectivity index is 2.36. The number of nitrogens with zero attached hydrogens (tertiary/aromatic N) is 1. The van der Waals surface area contributed by atoms with Gasteiger partial charge in [0.15, 0.2) is 0 Å². The van der Waals surface area contributed by atoms with E-state index in [1.54, 1.807) is 7.11 Å². The van der Waals surface area contributed by atoms with Crippen molar-refractivity contribution < 1.29 is 9.53 Å². The van der Waals surface area contributed by atoms with Crippen LogP contribution < -0.4 is 10.1 Å². The van der Waals surface area contributed by atoms with Gasteiger partial charge in [-0.05, 0) is 23.6 Å². The van der Waals surface area contributed by atoms with Gasteiger partial charge in [-0.25, -0.2) is 4.98 Å². The van der Waals surface area contributed by atoms with E-state index in [2.05, 4.69) is 10.3 Å². The van der Waals surface area contributed by atoms with Crippen molar-refractivity contribution in [1.82, 2.24) is 10.3 Å². The van der Waals surface area contributed by atoms with Gasteiger partial charge in [-0.15, -0.1) is 0 Å². The van der Waals surface area contributed by atoms with Crippen LogP contribution in [0.5, 0.6) is 5.75 Å². The van der Waals surface area contributed by atoms with Crippen LogP contribution in [-0.2, 0) is 11.2 Å². The molecule has 4 nitrogen and oxygen atoms in total. The monoisotopic (exact) mass is 278 g/mol. The summed E-state index contributed by atoms with van der Waals surface area (Å²) in [5.74, 6) is 0.723. The third kappa shape index (κ3) is 3.35. The molecule has 0 radical (unpaired) electrons. The van der Waals surface area contributed by atoms with E-state index >= 15 is 0 Å². The standard InChI is InChI=1S/C14H15ClN2O2/c1-9(18)16-6-5-13-12-8-11(19-2)4-3-10(12)7-14(15)17-13/h3-4,7-8H,5-6H2,1-2H3,(H,16,18). The molecule has 1 N–H and O–H groups in total. The van der Waals surface area contributed by atoms with Crippen molar-refractivity contribution >= 4 is 28.3 Å². The van der Waals surface area contributed by atoms with Crippen molar-refractivity contribution in [2.24, 2.45) is 0 Å². The van der Waals surface area contributed by atoms with Crippen molar-refractivity contribution in [3.05, 3.63) is 35.1 Å². The van der Waals surface area contributed by atoms with E-state index in [0.717, 1.165) is 22.2 Å². The van der Waals surface area contributed by atoms with Crippen LogP contribution in [0.2, 0.25) is 5.15 Å². The first-order valence-electron chi connectivity index (χ1n) is 5.98. The SMILES string of the molecule is COc1ccc2cc(Cl)nc(CCNC(C)=O)c2c1. The molecular formula is C14H15ClN2O2. The van der Waals surface area contributed by atoms with Crippen LogP contribution in [0.25, 0.3) is 10.8 Å². The summed E-state index contributed by atoms with van der Waals surface area (Å²) in [7, 11) is 1.63. The van der Waals surface area contributed by atoms with E-state index < -0.39 is 0 Å². The molecule has 19 heavy (non-hydrogen) atoms. The molecule has 1 amide bonds. The number of carbonyl (C=O) groups excluding carboxylic acids is 1. The number of aromatic nitrogens is 1. The van der Waals surface area contributed by atoms with Gasteiger partial charge in [0.25, 0.3) is 0 Å². The topological polar surface area (TPSA) is 51.2 Å². The van der Waals surface area contributed by atoms with Gasteiger partial charge in [0, 0.05) is 25.3 Å². The summed E-state index contributed by atoms with van der Waals surface area (Å²) < 4.78 is 5.22. The fourth-order valence-electron chi connectivity index (χ4n) is 1.94. The summed E-state index contributed by atoms with van der Waals surface area (Å²) in [5.41, 5.74) is 0.857. The van der Waals surface area contributed by atoms with Crippen LogP contribution in [0.3, 0.4) is 0 Å². The average molecular weight is 279 g/mol. The first-order valence-corrected chi connectivity index (χ1v) is 6.35. The first-order chi connectivity index (χ1) is 9.10. The second-order valence-electron chi connectivity index (χ2n) is 4.21. The number of benzene rings is 1. The molecule has 0 aliphatic rings. The number of hydrogen-bond acceptors (Lipinski definition) is 3. The maximum Gasteiger partial charge on any atom is 0.216 e. The molecule has 0 unspecified atom stereocenters. The predicted octanol–water partition coefficient (Wildman–Crippen LogP) is 2.58. The number of methoxy groups -OCH3 is 1. The largest absolute Gasteiger partial charge is 0.497 e. The molecular weight excluding hydrogens is 264 g/mol. The molecule has 5 heteroatoms. The van der Waals surface area contributed by atoms with E-state index in [4.69, 9.17) is 16.3 Å². The number of halogens is 1. The summed E-state index contributed by atoms with van der Waals surface area (Å²) in [5, 5.41) is 5.21. The summed E-state index contributed by atoms with van der Waals surface area (Å²) >= 11 is 6.01. The van der Waals surface area contributed by atoms with Gasteiger partial charge in [0.05, 0.1) is 12.8 Å². The highest BCUT2D eigenvalue weighted by Gasteiger charge is 2.07. The minimum Gasteiger partial charge on any atom is -0.497 e. The van der Waals surface area contributed by atoms with Crippen LogP contribution in [0, 0.1) is 0 Å². The van der Waals surface area contributed by atoms with E-state index in [9.17, 15) is 4.79 Å². The molecule has 2 rings (SSSR count). The van der Waals surface area contributed by atoms with Crippen molar-refractivity contribution in [2.45, 2.75) is 13.3 Å². The molecule has 0 atom stereocenters. The van der Waals surface area contributed by atoms with Crippen molar-refractivity contribution in [3.8, 4) is 5.75 Å². The summed E-state index contributed by atoms with van der Waals surface area (Å²) in [6.07, 6.45) is 0.629. The average Bonchev–Trinajstić information content (AvgIpc) is 2.37. The Morgan fingerprint density at radius 1 is 1.42 bits per heavy atom. The quantitative estimate of drug-likeness (QED) is 0.875. The zero-order valence-electron chi connectivity index (χ0n) is 10.9. The summed E-state index contributed by atoms with van der Waals surface area (Å²) in [4.78, 5) is 15.2. The zero-order chi connectivity index (χ0) is 13.8. The van der Waals surface area contributed by atoms with Gasteiger partial charge in [0.1, 0.15) is 10.9 Å². The Hall–Kier alpha value is -1.81. The fraction of sp³-hybridized carbons (Fsp3) is 0.286. The molecule has 1 aromatic heterocycles. The van der Waals surface area contributed by atoms with E-state index in [1.165, 1.54) is 6.92 Å². The van der Waals surface area contributed by atoms with Gasteiger partial charge in [-0.2, -0.15) is 0 Å².